The second-order valence-electron chi connectivity index (χ2n) is 8.02. The van der Waals surface area contributed by atoms with Crippen molar-refractivity contribution in [1.82, 2.24) is 10.2 Å². The summed E-state index contributed by atoms with van der Waals surface area (Å²) in [5.41, 5.74) is 2.25. The zero-order valence-electron chi connectivity index (χ0n) is 19.5. The molecule has 0 aliphatic heterocycles. The second-order valence-corrected chi connectivity index (χ2v) is 10.8. The van der Waals surface area contributed by atoms with Crippen molar-refractivity contribution in [3.63, 3.8) is 0 Å². The first-order valence-corrected chi connectivity index (χ1v) is 13.5. The van der Waals surface area contributed by atoms with E-state index in [1.807, 2.05) is 38.1 Å². The Morgan fingerprint density at radius 1 is 1.12 bits per heavy atom. The number of amides is 2. The molecular weight excluding hydrogens is 506 g/mol. The van der Waals surface area contributed by atoms with Crippen molar-refractivity contribution in [2.75, 3.05) is 23.7 Å². The molecule has 33 heavy (non-hydrogen) atoms. The van der Waals surface area contributed by atoms with Crippen LogP contribution < -0.4 is 9.62 Å². The summed E-state index contributed by atoms with van der Waals surface area (Å²) in [4.78, 5) is 27.7. The van der Waals surface area contributed by atoms with Crippen LogP contribution >= 0.6 is 15.9 Å². The normalized spacial score (nSPS) is 12.2. The lowest BCUT2D eigenvalue weighted by Gasteiger charge is -2.32. The molecular formula is C24H32BrN3O4S. The third kappa shape index (κ3) is 7.85. The minimum Gasteiger partial charge on any atom is -0.354 e. The molecule has 1 N–H and O–H groups in total. The van der Waals surface area contributed by atoms with E-state index in [9.17, 15) is 18.0 Å². The number of carbonyl (C=O) groups excluding carboxylic acids is 2. The van der Waals surface area contributed by atoms with E-state index in [0.717, 1.165) is 34.5 Å². The Labute approximate surface area is 205 Å². The Bertz CT molecular complexity index is 1070. The van der Waals surface area contributed by atoms with E-state index in [1.165, 1.54) is 4.90 Å². The van der Waals surface area contributed by atoms with Crippen molar-refractivity contribution < 1.29 is 18.0 Å². The Hall–Kier alpha value is -2.39. The third-order valence-electron chi connectivity index (χ3n) is 5.37. The highest BCUT2D eigenvalue weighted by Gasteiger charge is 2.30. The molecule has 9 heteroatoms. The van der Waals surface area contributed by atoms with Crippen molar-refractivity contribution >= 4 is 43.5 Å². The van der Waals surface area contributed by atoms with Crippen LogP contribution in [0.3, 0.4) is 0 Å². The molecule has 0 saturated carbocycles. The summed E-state index contributed by atoms with van der Waals surface area (Å²) >= 11 is 3.35. The average molecular weight is 539 g/mol. The summed E-state index contributed by atoms with van der Waals surface area (Å²) in [5.74, 6) is -0.722. The van der Waals surface area contributed by atoms with Crippen molar-refractivity contribution in [2.45, 2.75) is 46.2 Å². The number of sulfonamides is 1. The molecule has 0 aromatic heterocycles. The molecule has 1 unspecified atom stereocenters. The zero-order chi connectivity index (χ0) is 24.6. The summed E-state index contributed by atoms with van der Waals surface area (Å²) < 4.78 is 26.9. The van der Waals surface area contributed by atoms with Gasteiger partial charge >= 0.3 is 0 Å². The number of nitrogens with zero attached hydrogens (tertiary/aromatic N) is 2. The van der Waals surface area contributed by atoms with Gasteiger partial charge in [-0.15, -0.1) is 0 Å². The number of aryl methyl sites for hydroxylation is 1. The summed E-state index contributed by atoms with van der Waals surface area (Å²) in [7, 11) is -3.74. The molecule has 7 nitrogen and oxygen atoms in total. The summed E-state index contributed by atoms with van der Waals surface area (Å²) in [6.45, 7) is 5.96. The predicted molar refractivity (Wildman–Crippen MR) is 135 cm³/mol. The van der Waals surface area contributed by atoms with Gasteiger partial charge in [0, 0.05) is 17.6 Å². The monoisotopic (exact) mass is 537 g/mol. The number of benzene rings is 2. The van der Waals surface area contributed by atoms with E-state index in [1.54, 1.807) is 31.2 Å². The van der Waals surface area contributed by atoms with E-state index in [0.29, 0.717) is 16.7 Å². The highest BCUT2D eigenvalue weighted by molar-refractivity contribution is 9.10. The molecule has 2 aromatic carbocycles. The van der Waals surface area contributed by atoms with Gasteiger partial charge in [0.2, 0.25) is 21.8 Å². The van der Waals surface area contributed by atoms with Gasteiger partial charge in [-0.3, -0.25) is 13.9 Å². The molecule has 2 rings (SSSR count). The minimum absolute atomic E-state index is 0.198. The van der Waals surface area contributed by atoms with Gasteiger partial charge in [0.15, 0.2) is 0 Å². The van der Waals surface area contributed by atoms with Crippen LogP contribution in [0.4, 0.5) is 5.69 Å². The lowest BCUT2D eigenvalue weighted by atomic mass is 10.1. The van der Waals surface area contributed by atoms with Gasteiger partial charge in [-0.1, -0.05) is 59.6 Å². The summed E-state index contributed by atoms with van der Waals surface area (Å²) in [5, 5.41) is 2.87. The number of unbranched alkanes of at least 4 members (excludes halogenated alkanes) is 1. The fourth-order valence-electron chi connectivity index (χ4n) is 3.33. The highest BCUT2D eigenvalue weighted by atomic mass is 79.9. The summed E-state index contributed by atoms with van der Waals surface area (Å²) in [6.07, 6.45) is 2.85. The van der Waals surface area contributed by atoms with Gasteiger partial charge in [0.05, 0.1) is 11.9 Å². The van der Waals surface area contributed by atoms with Gasteiger partial charge in [0.1, 0.15) is 12.6 Å². The molecule has 180 valence electrons. The van der Waals surface area contributed by atoms with Crippen LogP contribution in [0.25, 0.3) is 0 Å². The number of hydrogen-bond donors (Lipinski definition) is 1. The maximum Gasteiger partial charge on any atom is 0.244 e. The van der Waals surface area contributed by atoms with Crippen LogP contribution in [0, 0.1) is 6.92 Å². The smallest absolute Gasteiger partial charge is 0.244 e. The number of carbonyl (C=O) groups is 2. The quantitative estimate of drug-likeness (QED) is 0.441. The maximum absolute atomic E-state index is 13.5. The fraction of sp³-hybridized carbons (Fsp3) is 0.417. The topological polar surface area (TPSA) is 86.8 Å². The standard InChI is InChI=1S/C24H32BrN3O4S/c1-5-6-14-26-24(30)19(3)27(16-20-11-8-7-10-18(20)2)23(29)17-28(33(4,31)32)22-13-9-12-21(25)15-22/h7-13,15,19H,5-6,14,16-17H2,1-4H3,(H,26,30). The third-order valence-corrected chi connectivity index (χ3v) is 7.01. The average Bonchev–Trinajstić information content (AvgIpc) is 2.75. The minimum atomic E-state index is -3.74. The van der Waals surface area contributed by atoms with E-state index in [-0.39, 0.29) is 12.5 Å². The number of hydrogen-bond acceptors (Lipinski definition) is 4. The van der Waals surface area contributed by atoms with Gasteiger partial charge < -0.3 is 10.2 Å². The Morgan fingerprint density at radius 2 is 1.82 bits per heavy atom. The first-order chi connectivity index (χ1) is 15.5. The largest absolute Gasteiger partial charge is 0.354 e. The van der Waals surface area contributed by atoms with E-state index in [2.05, 4.69) is 21.2 Å². The molecule has 2 amide bonds. The molecule has 2 aromatic rings. The second kappa shape index (κ2) is 12.2. The molecule has 0 radical (unpaired) electrons. The Morgan fingerprint density at radius 3 is 2.42 bits per heavy atom. The Kier molecular flexibility index (Phi) is 9.91. The maximum atomic E-state index is 13.5. The van der Waals surface area contributed by atoms with Crippen molar-refractivity contribution in [3.8, 4) is 0 Å². The number of halogens is 1. The molecule has 1 atom stereocenters. The van der Waals surface area contributed by atoms with E-state index >= 15 is 0 Å². The van der Waals surface area contributed by atoms with Gasteiger partial charge in [-0.05, 0) is 49.6 Å². The van der Waals surface area contributed by atoms with Gasteiger partial charge in [-0.25, -0.2) is 8.42 Å². The molecule has 0 heterocycles. The van der Waals surface area contributed by atoms with E-state index < -0.39 is 28.5 Å². The SMILES string of the molecule is CCCCNC(=O)C(C)N(Cc1ccccc1C)C(=O)CN(c1cccc(Br)c1)S(C)(=O)=O. The van der Waals surface area contributed by atoms with Crippen LogP contribution in [-0.4, -0.2) is 50.5 Å². The van der Waals surface area contributed by atoms with Crippen LogP contribution in [0.2, 0.25) is 0 Å². The number of nitrogens with one attached hydrogen (secondary N) is 1. The fourth-order valence-corrected chi connectivity index (χ4v) is 4.56. The van der Waals surface area contributed by atoms with E-state index in [4.69, 9.17) is 0 Å². The van der Waals surface area contributed by atoms with Crippen molar-refractivity contribution in [2.24, 2.45) is 0 Å². The lowest BCUT2D eigenvalue weighted by molar-refractivity contribution is -0.139. The first-order valence-electron chi connectivity index (χ1n) is 10.9. The molecule has 0 saturated heterocycles. The van der Waals surface area contributed by atoms with Crippen LogP contribution in [0.5, 0.6) is 0 Å². The Balaban J connectivity index is 2.36. The van der Waals surface area contributed by atoms with Gasteiger partial charge in [-0.2, -0.15) is 0 Å². The number of anilines is 1. The first kappa shape index (κ1) is 26.9. The van der Waals surface area contributed by atoms with Crippen molar-refractivity contribution in [3.05, 3.63) is 64.1 Å². The molecule has 0 aliphatic rings. The molecule has 0 bridgehead atoms. The molecule has 0 fully saturated rings. The van der Waals surface area contributed by atoms with Crippen molar-refractivity contribution in [1.29, 1.82) is 0 Å². The lowest BCUT2D eigenvalue weighted by Crippen LogP contribution is -2.51. The molecule has 0 aliphatic carbocycles. The predicted octanol–water partition coefficient (Wildman–Crippen LogP) is 3.86. The zero-order valence-corrected chi connectivity index (χ0v) is 21.9. The van der Waals surface area contributed by atoms with Crippen LogP contribution in [-0.2, 0) is 26.2 Å². The highest BCUT2D eigenvalue weighted by Crippen LogP contribution is 2.23. The van der Waals surface area contributed by atoms with Crippen LogP contribution in [0.15, 0.2) is 53.0 Å². The van der Waals surface area contributed by atoms with Crippen LogP contribution in [0.1, 0.15) is 37.8 Å². The molecule has 0 spiro atoms. The summed E-state index contributed by atoms with van der Waals surface area (Å²) in [6, 6.07) is 13.6. The van der Waals surface area contributed by atoms with Gasteiger partial charge in [0.25, 0.3) is 0 Å². The number of rotatable bonds is 11.